The molecule has 3 aromatic heterocycles. The van der Waals surface area contributed by atoms with Gasteiger partial charge >= 0.3 is 0 Å². The molecule has 0 spiro atoms. The summed E-state index contributed by atoms with van der Waals surface area (Å²) in [5.41, 5.74) is 1.75. The molecule has 5 heteroatoms. The highest BCUT2D eigenvalue weighted by atomic mass is 32.1. The van der Waals surface area contributed by atoms with Crippen molar-refractivity contribution in [1.29, 1.82) is 0 Å². The van der Waals surface area contributed by atoms with Gasteiger partial charge in [0.25, 0.3) is 0 Å². The van der Waals surface area contributed by atoms with Gasteiger partial charge in [0.2, 0.25) is 0 Å². The van der Waals surface area contributed by atoms with Crippen LogP contribution < -0.4 is 5.32 Å². The Bertz CT molecular complexity index is 945. The van der Waals surface area contributed by atoms with Gasteiger partial charge in [-0.25, -0.2) is 15.0 Å². The summed E-state index contributed by atoms with van der Waals surface area (Å²) >= 11 is 1.61. The summed E-state index contributed by atoms with van der Waals surface area (Å²) in [6.07, 6.45) is 0. The van der Waals surface area contributed by atoms with Crippen LogP contribution in [-0.4, -0.2) is 22.0 Å². The fourth-order valence-corrected chi connectivity index (χ4v) is 3.11. The van der Waals surface area contributed by atoms with Gasteiger partial charge in [-0.05, 0) is 23.6 Å². The molecule has 1 aromatic carbocycles. The van der Waals surface area contributed by atoms with Crippen molar-refractivity contribution in [2.24, 2.45) is 0 Å². The largest absolute Gasteiger partial charge is 0.372 e. The highest BCUT2D eigenvalue weighted by Crippen LogP contribution is 2.28. The van der Waals surface area contributed by atoms with Gasteiger partial charge in [-0.15, -0.1) is 11.3 Å². The average Bonchev–Trinajstić information content (AvgIpc) is 3.02. The fourth-order valence-electron chi connectivity index (χ4n) is 2.35. The number of hydrogen-bond donors (Lipinski definition) is 1. The van der Waals surface area contributed by atoms with E-state index in [2.05, 4.69) is 32.4 Å². The van der Waals surface area contributed by atoms with E-state index >= 15 is 0 Å². The van der Waals surface area contributed by atoms with E-state index in [-0.39, 0.29) is 0 Å². The van der Waals surface area contributed by atoms with Gasteiger partial charge in [0.05, 0.1) is 10.9 Å². The van der Waals surface area contributed by atoms with Crippen molar-refractivity contribution in [3.63, 3.8) is 0 Å². The van der Waals surface area contributed by atoms with Crippen LogP contribution in [0.2, 0.25) is 0 Å². The molecule has 1 N–H and O–H groups in total. The number of rotatable bonds is 2. The Morgan fingerprint density at radius 1 is 0.952 bits per heavy atom. The zero-order chi connectivity index (χ0) is 14.2. The fraction of sp³-hybridized carbons (Fsp3) is 0.0625. The smallest absolute Gasteiger partial charge is 0.181 e. The number of hydrogen-bond acceptors (Lipinski definition) is 5. The summed E-state index contributed by atoms with van der Waals surface area (Å²) in [6, 6.07) is 14.1. The zero-order valence-corrected chi connectivity index (χ0v) is 12.2. The second-order valence-corrected chi connectivity index (χ2v) is 5.57. The lowest BCUT2D eigenvalue weighted by molar-refractivity contribution is 1.19. The molecule has 0 saturated heterocycles. The summed E-state index contributed by atoms with van der Waals surface area (Å²) in [5, 5.41) is 7.32. The molecule has 0 bridgehead atoms. The van der Waals surface area contributed by atoms with Crippen molar-refractivity contribution in [2.45, 2.75) is 0 Å². The van der Waals surface area contributed by atoms with Crippen molar-refractivity contribution < 1.29 is 0 Å². The molecule has 3 heterocycles. The Balaban J connectivity index is 1.94. The third-order valence-electron chi connectivity index (χ3n) is 3.39. The van der Waals surface area contributed by atoms with Gasteiger partial charge in [-0.1, -0.05) is 24.3 Å². The lowest BCUT2D eigenvalue weighted by Crippen LogP contribution is -1.98. The highest BCUT2D eigenvalue weighted by molar-refractivity contribution is 7.16. The van der Waals surface area contributed by atoms with Crippen LogP contribution in [-0.2, 0) is 0 Å². The van der Waals surface area contributed by atoms with Gasteiger partial charge in [0, 0.05) is 12.4 Å². The summed E-state index contributed by atoms with van der Waals surface area (Å²) in [5.74, 6) is 1.49. The van der Waals surface area contributed by atoms with Gasteiger partial charge in [-0.3, -0.25) is 0 Å². The van der Waals surface area contributed by atoms with E-state index < -0.39 is 0 Å². The quantitative estimate of drug-likeness (QED) is 0.608. The molecule has 102 valence electrons. The molecule has 0 radical (unpaired) electrons. The van der Waals surface area contributed by atoms with Crippen LogP contribution in [0.1, 0.15) is 0 Å². The van der Waals surface area contributed by atoms with Gasteiger partial charge in [-0.2, -0.15) is 0 Å². The number of para-hydroxylation sites is 1. The first-order chi connectivity index (χ1) is 10.3. The van der Waals surface area contributed by atoms with E-state index in [4.69, 9.17) is 0 Å². The molecule has 4 aromatic rings. The minimum absolute atomic E-state index is 0.653. The Morgan fingerprint density at radius 2 is 1.86 bits per heavy atom. The predicted octanol–water partition coefficient (Wildman–Crippen LogP) is 3.95. The number of pyridine rings is 1. The Morgan fingerprint density at radius 3 is 2.76 bits per heavy atom. The van der Waals surface area contributed by atoms with E-state index in [9.17, 15) is 0 Å². The maximum absolute atomic E-state index is 4.66. The molecule has 0 aliphatic heterocycles. The lowest BCUT2D eigenvalue weighted by Gasteiger charge is -2.06. The van der Waals surface area contributed by atoms with Crippen LogP contribution in [0.3, 0.4) is 0 Å². The molecule has 0 amide bonds. The summed E-state index contributed by atoms with van der Waals surface area (Å²) in [4.78, 5) is 14.9. The first kappa shape index (κ1) is 12.2. The average molecular weight is 292 g/mol. The lowest BCUT2D eigenvalue weighted by atomic mass is 10.2. The number of benzene rings is 1. The minimum atomic E-state index is 0.653. The first-order valence-electron chi connectivity index (χ1n) is 6.64. The molecular weight excluding hydrogens is 280 g/mol. The number of thiophene rings is 1. The van der Waals surface area contributed by atoms with Crippen LogP contribution in [0.5, 0.6) is 0 Å². The van der Waals surface area contributed by atoms with Crippen LogP contribution in [0.25, 0.3) is 32.6 Å². The highest BCUT2D eigenvalue weighted by Gasteiger charge is 2.10. The molecule has 4 nitrogen and oxygen atoms in total. The summed E-state index contributed by atoms with van der Waals surface area (Å²) in [7, 11) is 1.87. The third-order valence-corrected chi connectivity index (χ3v) is 4.20. The zero-order valence-electron chi connectivity index (χ0n) is 11.4. The second-order valence-electron chi connectivity index (χ2n) is 4.67. The van der Waals surface area contributed by atoms with Crippen LogP contribution >= 0.6 is 11.3 Å². The molecular formula is C16H12N4S. The van der Waals surface area contributed by atoms with Crippen molar-refractivity contribution in [1.82, 2.24) is 15.0 Å². The van der Waals surface area contributed by atoms with Gasteiger partial charge in [0.1, 0.15) is 16.3 Å². The minimum Gasteiger partial charge on any atom is -0.372 e. The Labute approximate surface area is 125 Å². The molecule has 0 aliphatic rings. The van der Waals surface area contributed by atoms with Crippen molar-refractivity contribution in [3.8, 4) is 11.5 Å². The van der Waals surface area contributed by atoms with E-state index in [1.165, 1.54) is 0 Å². The maximum atomic E-state index is 4.66. The Kier molecular flexibility index (Phi) is 2.79. The van der Waals surface area contributed by atoms with E-state index in [1.54, 1.807) is 11.3 Å². The predicted molar refractivity (Wildman–Crippen MR) is 87.7 cm³/mol. The van der Waals surface area contributed by atoms with Crippen molar-refractivity contribution in [3.05, 3.63) is 47.8 Å². The number of anilines is 1. The summed E-state index contributed by atoms with van der Waals surface area (Å²) < 4.78 is 0. The number of fused-ring (bicyclic) bond motifs is 2. The van der Waals surface area contributed by atoms with Gasteiger partial charge in [0.15, 0.2) is 5.82 Å². The molecule has 0 aliphatic carbocycles. The monoisotopic (exact) mass is 292 g/mol. The number of nitrogens with zero attached hydrogens (tertiary/aromatic N) is 3. The molecule has 0 unspecified atom stereocenters. The molecule has 21 heavy (non-hydrogen) atoms. The third kappa shape index (κ3) is 2.02. The van der Waals surface area contributed by atoms with Crippen LogP contribution in [0.4, 0.5) is 5.82 Å². The first-order valence-corrected chi connectivity index (χ1v) is 7.52. The SMILES string of the molecule is CNc1nc(-c2ccc3ccccc3n2)nc2sccc12. The van der Waals surface area contributed by atoms with E-state index in [0.717, 1.165) is 32.6 Å². The summed E-state index contributed by atoms with van der Waals surface area (Å²) in [6.45, 7) is 0. The van der Waals surface area contributed by atoms with Crippen molar-refractivity contribution >= 4 is 38.3 Å². The van der Waals surface area contributed by atoms with Crippen LogP contribution in [0, 0.1) is 0 Å². The van der Waals surface area contributed by atoms with E-state index in [0.29, 0.717) is 5.82 Å². The normalized spacial score (nSPS) is 11.1. The Hall–Kier alpha value is -2.53. The van der Waals surface area contributed by atoms with Crippen molar-refractivity contribution in [2.75, 3.05) is 12.4 Å². The number of nitrogens with one attached hydrogen (secondary N) is 1. The second kappa shape index (κ2) is 4.79. The van der Waals surface area contributed by atoms with Crippen LogP contribution in [0.15, 0.2) is 47.8 Å². The topological polar surface area (TPSA) is 50.7 Å². The van der Waals surface area contributed by atoms with E-state index in [1.807, 2.05) is 42.8 Å². The molecule has 0 atom stereocenters. The van der Waals surface area contributed by atoms with Gasteiger partial charge < -0.3 is 5.32 Å². The number of aromatic nitrogens is 3. The maximum Gasteiger partial charge on any atom is 0.181 e. The molecule has 0 fully saturated rings. The molecule has 4 rings (SSSR count). The standard InChI is InChI=1S/C16H12N4S/c1-17-14-11-8-9-21-16(11)20-15(19-14)13-7-6-10-4-2-3-5-12(10)18-13/h2-9H,1H3,(H,17,19,20). The molecule has 0 saturated carbocycles.